The third-order valence-corrected chi connectivity index (χ3v) is 3.95. The van der Waals surface area contributed by atoms with Crippen LogP contribution in [-0.4, -0.2) is 10.9 Å². The molecule has 1 aromatic heterocycles. The van der Waals surface area contributed by atoms with E-state index < -0.39 is 17.7 Å². The molecule has 0 aliphatic carbocycles. The van der Waals surface area contributed by atoms with Gasteiger partial charge in [0.05, 0.1) is 11.3 Å². The van der Waals surface area contributed by atoms with Crippen LogP contribution in [0.4, 0.5) is 26.1 Å². The maximum absolute atomic E-state index is 14.7. The molecule has 1 aromatic carbocycles. The first-order chi connectivity index (χ1) is 12.4. The Balaban J connectivity index is 2.35. The molecule has 0 radical (unpaired) electrons. The highest BCUT2D eigenvalue weighted by Crippen LogP contribution is 2.42. The van der Waals surface area contributed by atoms with Crippen LogP contribution >= 0.6 is 0 Å². The highest BCUT2D eigenvalue weighted by atomic mass is 19.1. The van der Waals surface area contributed by atoms with Crippen LogP contribution in [-0.2, 0) is 0 Å². The minimum absolute atomic E-state index is 0.0528. The lowest BCUT2D eigenvalue weighted by molar-refractivity contribution is 0.538. The third-order valence-electron chi connectivity index (χ3n) is 3.95. The second kappa shape index (κ2) is 6.18. The van der Waals surface area contributed by atoms with Crippen LogP contribution in [0.5, 0.6) is 0 Å². The van der Waals surface area contributed by atoms with Crippen molar-refractivity contribution >= 4 is 23.3 Å². The van der Waals surface area contributed by atoms with Crippen molar-refractivity contribution in [1.29, 1.82) is 10.5 Å². The molecule has 26 heavy (non-hydrogen) atoms. The molecule has 0 bridgehead atoms. The fourth-order valence-corrected chi connectivity index (χ4v) is 2.72. The number of aryl methyl sites for hydroxylation is 1. The highest BCUT2D eigenvalue weighted by molar-refractivity contribution is 5.98. The maximum Gasteiger partial charge on any atom is 0.211 e. The number of benzene rings is 1. The second-order valence-corrected chi connectivity index (χ2v) is 5.49. The summed E-state index contributed by atoms with van der Waals surface area (Å²) in [6.07, 6.45) is 1.66. The minimum atomic E-state index is -1.26. The van der Waals surface area contributed by atoms with Gasteiger partial charge in [0.15, 0.2) is 6.19 Å². The Morgan fingerprint density at radius 1 is 1.23 bits per heavy atom. The van der Waals surface area contributed by atoms with Gasteiger partial charge in [-0.15, -0.1) is 0 Å². The van der Waals surface area contributed by atoms with Crippen molar-refractivity contribution in [2.24, 2.45) is 4.99 Å². The highest BCUT2D eigenvalue weighted by Gasteiger charge is 2.33. The van der Waals surface area contributed by atoms with Crippen LogP contribution in [0.25, 0.3) is 0 Å². The van der Waals surface area contributed by atoms with Crippen molar-refractivity contribution in [3.05, 3.63) is 46.0 Å². The maximum atomic E-state index is 14.7. The molecule has 0 spiro atoms. The van der Waals surface area contributed by atoms with Gasteiger partial charge in [0.25, 0.3) is 0 Å². The summed E-state index contributed by atoms with van der Waals surface area (Å²) in [4.78, 5) is 8.16. The Hall–Kier alpha value is -3.92. The van der Waals surface area contributed by atoms with Gasteiger partial charge in [-0.2, -0.15) is 10.5 Å². The molecule has 1 unspecified atom stereocenters. The van der Waals surface area contributed by atoms with Gasteiger partial charge < -0.3 is 16.8 Å². The van der Waals surface area contributed by atoms with Crippen molar-refractivity contribution in [2.45, 2.75) is 13.0 Å². The summed E-state index contributed by atoms with van der Waals surface area (Å²) in [5, 5.41) is 23.0. The number of nitrogens with two attached hydrogens (primary N) is 2. The third kappa shape index (κ3) is 2.50. The van der Waals surface area contributed by atoms with Crippen LogP contribution in [0.3, 0.4) is 0 Å². The number of hydrogen-bond donors (Lipinski definition) is 4. The average molecular weight is 354 g/mol. The van der Waals surface area contributed by atoms with E-state index in [1.165, 1.54) is 13.0 Å². The van der Waals surface area contributed by atoms with Crippen molar-refractivity contribution < 1.29 is 8.78 Å². The number of aromatic nitrogens is 1. The van der Waals surface area contributed by atoms with Gasteiger partial charge in [0.1, 0.15) is 40.9 Å². The van der Waals surface area contributed by atoms with Crippen molar-refractivity contribution in [1.82, 2.24) is 10.3 Å². The fourth-order valence-electron chi connectivity index (χ4n) is 2.72. The number of nitriles is 2. The van der Waals surface area contributed by atoms with Crippen LogP contribution in [0.15, 0.2) is 17.1 Å². The molecule has 8 nitrogen and oxygen atoms in total. The molecule has 3 rings (SSSR count). The Kier molecular flexibility index (Phi) is 4.02. The van der Waals surface area contributed by atoms with E-state index in [1.54, 1.807) is 6.19 Å². The molecule has 10 heteroatoms. The molecular formula is C16H12F2N8. The van der Waals surface area contributed by atoms with E-state index in [0.29, 0.717) is 0 Å². The van der Waals surface area contributed by atoms with E-state index in [1.807, 2.05) is 6.07 Å². The number of fused-ring (bicyclic) bond motifs is 1. The molecular weight excluding hydrogens is 342 g/mol. The number of nitrogens with zero attached hydrogens (tertiary/aromatic N) is 4. The number of anilines is 3. The number of halogens is 2. The zero-order chi connectivity index (χ0) is 19.0. The number of nitrogen functional groups attached to an aromatic ring is 2. The van der Waals surface area contributed by atoms with Gasteiger partial charge in [0, 0.05) is 5.56 Å². The summed E-state index contributed by atoms with van der Waals surface area (Å²) in [6, 6.07) is 2.95. The lowest BCUT2D eigenvalue weighted by atomic mass is 9.93. The molecule has 0 amide bonds. The Morgan fingerprint density at radius 2 is 1.96 bits per heavy atom. The molecule has 130 valence electrons. The number of nitrogens with one attached hydrogen (secondary N) is 2. The monoisotopic (exact) mass is 354 g/mol. The number of rotatable bonds is 1. The van der Waals surface area contributed by atoms with Crippen molar-refractivity contribution in [3.8, 4) is 12.3 Å². The summed E-state index contributed by atoms with van der Waals surface area (Å²) in [7, 11) is 0. The molecule has 1 aliphatic heterocycles. The zero-order valence-corrected chi connectivity index (χ0v) is 13.4. The molecule has 1 atom stereocenters. The molecule has 2 aromatic rings. The number of aliphatic imine (C=N–C) groups is 1. The molecule has 0 saturated carbocycles. The predicted octanol–water partition coefficient (Wildman–Crippen LogP) is 1.65. The van der Waals surface area contributed by atoms with Gasteiger partial charge >= 0.3 is 0 Å². The smallest absolute Gasteiger partial charge is 0.211 e. The zero-order valence-electron chi connectivity index (χ0n) is 13.4. The summed E-state index contributed by atoms with van der Waals surface area (Å²) in [6.45, 7) is 1.48. The molecule has 1 aliphatic rings. The number of hydrogen-bond acceptors (Lipinski definition) is 8. The Labute approximate surface area is 146 Å². The summed E-state index contributed by atoms with van der Waals surface area (Å²) < 4.78 is 29.1. The van der Waals surface area contributed by atoms with Crippen molar-refractivity contribution in [2.75, 3.05) is 16.8 Å². The van der Waals surface area contributed by atoms with E-state index in [9.17, 15) is 14.0 Å². The van der Waals surface area contributed by atoms with E-state index >= 15 is 0 Å². The first-order valence-electron chi connectivity index (χ1n) is 7.32. The van der Waals surface area contributed by atoms with Crippen LogP contribution in [0.2, 0.25) is 0 Å². The standard InChI is InChI=1S/C16H12F2N8/c1-6-2-3-8(17)9(11(6)18)13-10-12(21)7(4-19)14(22)25-15(10)26-16(24-13)23-5-20/h2-3,13H,1H3,(H6,21,22,23,24,25,26). The van der Waals surface area contributed by atoms with E-state index in [2.05, 4.69) is 20.6 Å². The normalized spacial score (nSPS) is 15.1. The van der Waals surface area contributed by atoms with E-state index in [4.69, 9.17) is 16.7 Å². The quantitative estimate of drug-likeness (QED) is 0.449. The lowest BCUT2D eigenvalue weighted by Gasteiger charge is -2.26. The average Bonchev–Trinajstić information content (AvgIpc) is 2.58. The Bertz CT molecular complexity index is 1030. The minimum Gasteiger partial charge on any atom is -0.397 e. The molecule has 0 saturated heterocycles. The van der Waals surface area contributed by atoms with Gasteiger partial charge in [-0.1, -0.05) is 6.07 Å². The molecule has 2 heterocycles. The van der Waals surface area contributed by atoms with Gasteiger partial charge in [-0.05, 0) is 18.6 Å². The predicted molar refractivity (Wildman–Crippen MR) is 90.5 cm³/mol. The fraction of sp³-hybridized carbons (Fsp3) is 0.125. The first-order valence-corrected chi connectivity index (χ1v) is 7.32. The summed E-state index contributed by atoms with van der Waals surface area (Å²) in [5.41, 5.74) is 11.5. The molecule has 0 fully saturated rings. The lowest BCUT2D eigenvalue weighted by Crippen LogP contribution is -2.33. The summed E-state index contributed by atoms with van der Waals surface area (Å²) >= 11 is 0. The van der Waals surface area contributed by atoms with E-state index in [0.717, 1.165) is 6.07 Å². The molecule has 6 N–H and O–H groups in total. The number of pyridine rings is 1. The van der Waals surface area contributed by atoms with E-state index in [-0.39, 0.29) is 45.5 Å². The van der Waals surface area contributed by atoms with Crippen LogP contribution < -0.4 is 22.1 Å². The largest absolute Gasteiger partial charge is 0.397 e. The topological polar surface area (TPSA) is 149 Å². The van der Waals surface area contributed by atoms with Crippen LogP contribution in [0, 0.1) is 41.3 Å². The SMILES string of the molecule is Cc1ccc(F)c(C2N=C(NC#N)Nc3nc(N)c(C#N)c(N)c32)c1F. The van der Waals surface area contributed by atoms with Gasteiger partial charge in [0.2, 0.25) is 5.96 Å². The number of guanidine groups is 1. The summed E-state index contributed by atoms with van der Waals surface area (Å²) in [5.74, 6) is -1.84. The van der Waals surface area contributed by atoms with Crippen molar-refractivity contribution in [3.63, 3.8) is 0 Å². The van der Waals surface area contributed by atoms with Crippen LogP contribution in [0.1, 0.15) is 28.3 Å². The first kappa shape index (κ1) is 16.9. The van der Waals surface area contributed by atoms with Gasteiger partial charge in [-0.25, -0.2) is 18.8 Å². The van der Waals surface area contributed by atoms with Gasteiger partial charge in [-0.3, -0.25) is 5.32 Å². The Morgan fingerprint density at radius 3 is 2.62 bits per heavy atom. The second-order valence-electron chi connectivity index (χ2n) is 5.49.